The summed E-state index contributed by atoms with van der Waals surface area (Å²) in [4.78, 5) is 13.9. The van der Waals surface area contributed by atoms with Crippen LogP contribution in [0.4, 0.5) is 13.6 Å². The van der Waals surface area contributed by atoms with Crippen molar-refractivity contribution in [1.82, 2.24) is 4.90 Å². The fraction of sp³-hybridized carbons (Fsp3) is 0.588. The van der Waals surface area contributed by atoms with Crippen LogP contribution in [0.1, 0.15) is 50.6 Å². The zero-order valence-corrected chi connectivity index (χ0v) is 13.1. The lowest BCUT2D eigenvalue weighted by atomic mass is 9.80. The second-order valence-electron chi connectivity index (χ2n) is 6.58. The number of hydrogen-bond acceptors (Lipinski definition) is 3. The average Bonchev–Trinajstić information content (AvgIpc) is 2.53. The van der Waals surface area contributed by atoms with Gasteiger partial charge in [0.05, 0.1) is 12.1 Å². The van der Waals surface area contributed by atoms with Crippen molar-refractivity contribution in [3.05, 3.63) is 35.4 Å². The molecule has 0 radical (unpaired) electrons. The van der Waals surface area contributed by atoms with Crippen LogP contribution < -0.4 is 0 Å². The van der Waals surface area contributed by atoms with E-state index >= 15 is 0 Å². The third-order valence-corrected chi connectivity index (χ3v) is 5.11. The Balaban J connectivity index is 1.70. The van der Waals surface area contributed by atoms with Gasteiger partial charge in [0, 0.05) is 13.0 Å². The Labute approximate surface area is 134 Å². The molecule has 3 rings (SSSR count). The van der Waals surface area contributed by atoms with Crippen LogP contribution in [-0.4, -0.2) is 34.3 Å². The molecule has 1 saturated heterocycles. The van der Waals surface area contributed by atoms with Gasteiger partial charge in [-0.1, -0.05) is 6.07 Å². The van der Waals surface area contributed by atoms with E-state index in [2.05, 4.69) is 0 Å². The van der Waals surface area contributed by atoms with E-state index in [1.807, 2.05) is 0 Å². The molecule has 1 saturated carbocycles. The maximum Gasteiger partial charge on any atom is 0.410 e. The van der Waals surface area contributed by atoms with Crippen molar-refractivity contribution in [2.75, 3.05) is 6.54 Å². The topological polar surface area (TPSA) is 49.8 Å². The number of aliphatic hydroxyl groups excluding tert-OH is 1. The van der Waals surface area contributed by atoms with Crippen LogP contribution in [-0.2, 0) is 4.74 Å². The Morgan fingerprint density at radius 3 is 2.57 bits per heavy atom. The van der Waals surface area contributed by atoms with Crippen molar-refractivity contribution in [1.29, 1.82) is 0 Å². The summed E-state index contributed by atoms with van der Waals surface area (Å²) < 4.78 is 32.1. The highest BCUT2D eigenvalue weighted by Gasteiger charge is 2.44. The highest BCUT2D eigenvalue weighted by molar-refractivity contribution is 5.69. The number of halogens is 2. The smallest absolute Gasteiger partial charge is 0.410 e. The molecule has 1 heterocycles. The van der Waals surface area contributed by atoms with Crippen LogP contribution in [0.3, 0.4) is 0 Å². The van der Waals surface area contributed by atoms with Crippen LogP contribution >= 0.6 is 0 Å². The van der Waals surface area contributed by atoms with Gasteiger partial charge in [0.1, 0.15) is 5.60 Å². The van der Waals surface area contributed by atoms with Crippen LogP contribution in [0, 0.1) is 11.6 Å². The molecule has 1 aliphatic carbocycles. The van der Waals surface area contributed by atoms with Crippen LogP contribution in [0.25, 0.3) is 0 Å². The SMILES string of the molecule is C[C@@H](c1ccc(F)c(F)c1)N1CC[C@]2(CC[C@@H](O)CC2)OC1=O. The van der Waals surface area contributed by atoms with Crippen LogP contribution in [0.2, 0.25) is 0 Å². The molecule has 1 N–H and O–H groups in total. The number of carbonyl (C=O) groups excluding carboxylic acids is 1. The van der Waals surface area contributed by atoms with Gasteiger partial charge in [-0.25, -0.2) is 13.6 Å². The average molecular weight is 325 g/mol. The Morgan fingerprint density at radius 1 is 1.26 bits per heavy atom. The number of rotatable bonds is 2. The summed E-state index contributed by atoms with van der Waals surface area (Å²) in [7, 11) is 0. The summed E-state index contributed by atoms with van der Waals surface area (Å²) >= 11 is 0. The molecule has 1 spiro atoms. The lowest BCUT2D eigenvalue weighted by Gasteiger charge is -2.45. The molecule has 4 nitrogen and oxygen atoms in total. The van der Waals surface area contributed by atoms with Gasteiger partial charge in [-0.2, -0.15) is 0 Å². The highest BCUT2D eigenvalue weighted by Crippen LogP contribution is 2.39. The molecule has 126 valence electrons. The Hall–Kier alpha value is -1.69. The second kappa shape index (κ2) is 6.07. The van der Waals surface area contributed by atoms with Crippen molar-refractivity contribution >= 4 is 6.09 Å². The van der Waals surface area contributed by atoms with Crippen molar-refractivity contribution in [3.8, 4) is 0 Å². The maximum atomic E-state index is 13.4. The second-order valence-corrected chi connectivity index (χ2v) is 6.58. The van der Waals surface area contributed by atoms with Gasteiger partial charge in [0.15, 0.2) is 11.6 Å². The van der Waals surface area contributed by atoms with E-state index in [1.54, 1.807) is 11.8 Å². The van der Waals surface area contributed by atoms with E-state index in [9.17, 15) is 18.7 Å². The molecular formula is C17H21F2NO3. The molecule has 1 atom stereocenters. The largest absolute Gasteiger partial charge is 0.443 e. The Morgan fingerprint density at radius 2 is 1.96 bits per heavy atom. The number of nitrogens with zero attached hydrogens (tertiary/aromatic N) is 1. The quantitative estimate of drug-likeness (QED) is 0.905. The van der Waals surface area contributed by atoms with Gasteiger partial charge in [-0.3, -0.25) is 0 Å². The minimum Gasteiger partial charge on any atom is -0.443 e. The number of carbonyl (C=O) groups is 1. The predicted molar refractivity (Wildman–Crippen MR) is 79.8 cm³/mol. The first-order valence-corrected chi connectivity index (χ1v) is 8.03. The summed E-state index contributed by atoms with van der Waals surface area (Å²) in [6, 6.07) is 3.29. The Bertz CT molecular complexity index is 600. The van der Waals surface area contributed by atoms with Crippen molar-refractivity contribution in [2.24, 2.45) is 0 Å². The zero-order chi connectivity index (χ0) is 16.6. The lowest BCUT2D eigenvalue weighted by Crippen LogP contribution is -2.52. The maximum absolute atomic E-state index is 13.4. The van der Waals surface area contributed by atoms with E-state index in [0.29, 0.717) is 44.2 Å². The molecule has 6 heteroatoms. The van der Waals surface area contributed by atoms with Gasteiger partial charge in [0.2, 0.25) is 0 Å². The highest BCUT2D eigenvalue weighted by atomic mass is 19.2. The van der Waals surface area contributed by atoms with Gasteiger partial charge >= 0.3 is 6.09 Å². The monoisotopic (exact) mass is 325 g/mol. The lowest BCUT2D eigenvalue weighted by molar-refractivity contribution is -0.0908. The number of benzene rings is 1. The summed E-state index contributed by atoms with van der Waals surface area (Å²) in [5.74, 6) is -1.82. The van der Waals surface area contributed by atoms with Crippen LogP contribution in [0.15, 0.2) is 18.2 Å². The normalized spacial score (nSPS) is 29.5. The molecule has 1 amide bonds. The van der Waals surface area contributed by atoms with E-state index in [0.717, 1.165) is 12.1 Å². The first-order chi connectivity index (χ1) is 10.9. The van der Waals surface area contributed by atoms with Gasteiger partial charge < -0.3 is 14.7 Å². The fourth-order valence-corrected chi connectivity index (χ4v) is 3.50. The molecule has 23 heavy (non-hydrogen) atoms. The molecule has 2 fully saturated rings. The van der Waals surface area contributed by atoms with E-state index in [-0.39, 0.29) is 12.1 Å². The summed E-state index contributed by atoms with van der Waals surface area (Å²) in [5, 5.41) is 9.61. The summed E-state index contributed by atoms with van der Waals surface area (Å²) in [6.07, 6.45) is 2.60. The van der Waals surface area contributed by atoms with E-state index in [1.165, 1.54) is 6.07 Å². The van der Waals surface area contributed by atoms with Gasteiger partial charge in [-0.05, 0) is 50.3 Å². The number of ether oxygens (including phenoxy) is 1. The summed E-state index contributed by atoms with van der Waals surface area (Å²) in [6.45, 7) is 2.28. The van der Waals surface area contributed by atoms with Gasteiger partial charge in [0.25, 0.3) is 0 Å². The molecule has 0 unspecified atom stereocenters. The third kappa shape index (κ3) is 3.17. The zero-order valence-electron chi connectivity index (χ0n) is 13.1. The molecule has 0 aromatic heterocycles. The van der Waals surface area contributed by atoms with Crippen molar-refractivity contribution in [2.45, 2.75) is 56.8 Å². The van der Waals surface area contributed by atoms with Gasteiger partial charge in [-0.15, -0.1) is 0 Å². The molecular weight excluding hydrogens is 304 g/mol. The first kappa shape index (κ1) is 16.2. The standard InChI is InChI=1S/C17H21F2NO3/c1-11(12-2-3-14(18)15(19)10-12)20-9-8-17(23-16(20)22)6-4-13(21)5-7-17/h2-3,10-11,13,21H,4-9H2,1H3/t11-,13-,17-/m0/s1. The summed E-state index contributed by atoms with van der Waals surface area (Å²) in [5.41, 5.74) is 0.0662. The van der Waals surface area contributed by atoms with Crippen LogP contribution in [0.5, 0.6) is 0 Å². The minimum absolute atomic E-state index is 0.307. The number of amides is 1. The predicted octanol–water partition coefficient (Wildman–Crippen LogP) is 3.54. The van der Waals surface area contributed by atoms with Crippen molar-refractivity contribution in [3.63, 3.8) is 0 Å². The van der Waals surface area contributed by atoms with Crippen molar-refractivity contribution < 1.29 is 23.4 Å². The molecule has 1 aromatic rings. The van der Waals surface area contributed by atoms with E-state index < -0.39 is 23.3 Å². The molecule has 1 aliphatic heterocycles. The molecule has 0 bridgehead atoms. The number of aliphatic hydroxyl groups is 1. The Kier molecular flexibility index (Phi) is 4.27. The molecule has 1 aromatic carbocycles. The number of hydrogen-bond donors (Lipinski definition) is 1. The third-order valence-electron chi connectivity index (χ3n) is 5.11. The molecule has 2 aliphatic rings. The fourth-order valence-electron chi connectivity index (χ4n) is 3.50. The first-order valence-electron chi connectivity index (χ1n) is 8.03. The van der Waals surface area contributed by atoms with E-state index in [4.69, 9.17) is 4.74 Å². The minimum atomic E-state index is -0.919.